The van der Waals surface area contributed by atoms with Crippen LogP contribution >= 0.6 is 15.9 Å². The van der Waals surface area contributed by atoms with Crippen molar-refractivity contribution in [2.24, 2.45) is 5.41 Å². The Hall–Kier alpha value is -1.10. The van der Waals surface area contributed by atoms with E-state index in [1.807, 2.05) is 6.92 Å². The molecular formula is C15H19BrN2O2. The molecule has 4 nitrogen and oxygen atoms in total. The molecule has 1 saturated carbocycles. The molecule has 20 heavy (non-hydrogen) atoms. The third kappa shape index (κ3) is 2.43. The Kier molecular flexibility index (Phi) is 3.48. The summed E-state index contributed by atoms with van der Waals surface area (Å²) in [4.78, 5) is 24.6. The predicted molar refractivity (Wildman–Crippen MR) is 81.0 cm³/mol. The fourth-order valence-electron chi connectivity index (χ4n) is 3.18. The fourth-order valence-corrected chi connectivity index (χ4v) is 3.74. The van der Waals surface area contributed by atoms with Crippen molar-refractivity contribution in [3.8, 4) is 0 Å². The summed E-state index contributed by atoms with van der Waals surface area (Å²) in [6.45, 7) is 3.22. The van der Waals surface area contributed by atoms with Crippen LogP contribution in [0.3, 0.4) is 0 Å². The maximum absolute atomic E-state index is 12.3. The Morgan fingerprint density at radius 1 is 1.25 bits per heavy atom. The Balaban J connectivity index is 2.06. The Morgan fingerprint density at radius 3 is 2.70 bits per heavy atom. The van der Waals surface area contributed by atoms with Crippen LogP contribution in [0.4, 0.5) is 0 Å². The quantitative estimate of drug-likeness (QED) is 0.790. The summed E-state index contributed by atoms with van der Waals surface area (Å²) in [5.41, 5.74) is 1.70. The molecule has 1 aromatic heterocycles. The van der Waals surface area contributed by atoms with Crippen LogP contribution in [-0.4, -0.2) is 17.0 Å². The predicted octanol–water partition coefficient (Wildman–Crippen LogP) is 2.61. The van der Waals surface area contributed by atoms with Gasteiger partial charge in [-0.25, -0.2) is 0 Å². The number of hydrogen-bond acceptors (Lipinski definition) is 2. The van der Waals surface area contributed by atoms with Crippen LogP contribution in [0.25, 0.3) is 0 Å². The van der Waals surface area contributed by atoms with E-state index in [9.17, 15) is 9.59 Å². The molecule has 108 valence electrons. The summed E-state index contributed by atoms with van der Waals surface area (Å²) in [6, 6.07) is 1.74. The van der Waals surface area contributed by atoms with Gasteiger partial charge in [0, 0.05) is 13.1 Å². The Labute approximate surface area is 126 Å². The molecule has 1 aliphatic heterocycles. The van der Waals surface area contributed by atoms with E-state index in [1.165, 1.54) is 12.8 Å². The first-order valence-corrected chi connectivity index (χ1v) is 8.00. The minimum Gasteiger partial charge on any atom is -0.351 e. The Morgan fingerprint density at radius 2 is 2.00 bits per heavy atom. The van der Waals surface area contributed by atoms with Gasteiger partial charge in [0.25, 0.3) is 11.5 Å². The monoisotopic (exact) mass is 338 g/mol. The lowest BCUT2D eigenvalue weighted by atomic mass is 9.95. The number of halogens is 1. The molecule has 3 rings (SSSR count). The molecule has 1 spiro atoms. The van der Waals surface area contributed by atoms with Crippen LogP contribution in [0.2, 0.25) is 0 Å². The molecule has 0 radical (unpaired) electrons. The Bertz CT molecular complexity index is 617. The normalized spacial score (nSPS) is 21.2. The SMILES string of the molecule is Cc1cc(Br)c(=O)n2c1C(=O)NCCCC1(CC2)CC1. The number of aromatic nitrogens is 1. The van der Waals surface area contributed by atoms with E-state index >= 15 is 0 Å². The molecule has 1 aromatic rings. The zero-order valence-electron chi connectivity index (χ0n) is 11.7. The van der Waals surface area contributed by atoms with Crippen molar-refractivity contribution in [2.45, 2.75) is 45.6 Å². The van der Waals surface area contributed by atoms with E-state index in [1.54, 1.807) is 10.6 Å². The molecule has 0 bridgehead atoms. The largest absolute Gasteiger partial charge is 0.351 e. The van der Waals surface area contributed by atoms with Crippen molar-refractivity contribution in [1.29, 1.82) is 0 Å². The number of pyridine rings is 1. The lowest BCUT2D eigenvalue weighted by molar-refractivity contribution is 0.0937. The number of carbonyl (C=O) groups is 1. The molecule has 0 aromatic carbocycles. The molecule has 0 atom stereocenters. The van der Waals surface area contributed by atoms with Gasteiger partial charge >= 0.3 is 0 Å². The van der Waals surface area contributed by atoms with Gasteiger partial charge in [0.1, 0.15) is 5.69 Å². The second-order valence-corrected chi connectivity index (χ2v) is 6.94. The van der Waals surface area contributed by atoms with Crippen LogP contribution in [-0.2, 0) is 6.54 Å². The first-order chi connectivity index (χ1) is 9.52. The summed E-state index contributed by atoms with van der Waals surface area (Å²) in [6.07, 6.45) is 5.72. The zero-order valence-corrected chi connectivity index (χ0v) is 13.3. The number of aryl methyl sites for hydroxylation is 1. The van der Waals surface area contributed by atoms with Crippen molar-refractivity contribution in [1.82, 2.24) is 9.88 Å². The topological polar surface area (TPSA) is 51.1 Å². The standard InChI is InChI=1S/C15H19BrN2O2/c1-10-9-11(16)14(20)18-8-6-15(4-5-15)3-2-7-17-13(19)12(10)18/h9H,2-8H2,1H3,(H,17,19). The number of fused-ring (bicyclic) bond motifs is 1. The van der Waals surface area contributed by atoms with Gasteiger partial charge < -0.3 is 9.88 Å². The van der Waals surface area contributed by atoms with Crippen molar-refractivity contribution >= 4 is 21.8 Å². The van der Waals surface area contributed by atoms with Crippen molar-refractivity contribution in [3.05, 3.63) is 32.2 Å². The molecule has 1 amide bonds. The highest BCUT2D eigenvalue weighted by molar-refractivity contribution is 9.10. The molecule has 0 saturated heterocycles. The highest BCUT2D eigenvalue weighted by atomic mass is 79.9. The number of amides is 1. The highest BCUT2D eigenvalue weighted by Crippen LogP contribution is 2.52. The van der Waals surface area contributed by atoms with E-state index < -0.39 is 0 Å². The average molecular weight is 339 g/mol. The van der Waals surface area contributed by atoms with Crippen LogP contribution in [0.1, 0.15) is 48.2 Å². The number of nitrogens with one attached hydrogen (secondary N) is 1. The number of nitrogens with zero attached hydrogens (tertiary/aromatic N) is 1. The van der Waals surface area contributed by atoms with Crippen LogP contribution in [0.5, 0.6) is 0 Å². The molecule has 1 fully saturated rings. The van der Waals surface area contributed by atoms with Crippen molar-refractivity contribution < 1.29 is 4.79 Å². The summed E-state index contributed by atoms with van der Waals surface area (Å²) in [5, 5.41) is 2.95. The summed E-state index contributed by atoms with van der Waals surface area (Å²) in [5.74, 6) is -0.126. The average Bonchev–Trinajstić information content (AvgIpc) is 3.17. The molecule has 1 aliphatic carbocycles. The first kappa shape index (κ1) is 13.9. The van der Waals surface area contributed by atoms with Gasteiger partial charge in [-0.2, -0.15) is 0 Å². The number of carbonyl (C=O) groups excluding carboxylic acids is 1. The number of rotatable bonds is 0. The van der Waals surface area contributed by atoms with Crippen molar-refractivity contribution in [2.75, 3.05) is 6.54 Å². The van der Waals surface area contributed by atoms with Gasteiger partial charge in [-0.1, -0.05) is 0 Å². The van der Waals surface area contributed by atoms with Gasteiger partial charge in [0.05, 0.1) is 4.47 Å². The molecule has 2 aliphatic rings. The van der Waals surface area contributed by atoms with E-state index in [0.717, 1.165) is 24.8 Å². The third-order valence-electron chi connectivity index (χ3n) is 4.64. The summed E-state index contributed by atoms with van der Waals surface area (Å²) >= 11 is 3.30. The van der Waals surface area contributed by atoms with Gasteiger partial charge in [0.15, 0.2) is 0 Å². The molecule has 1 N–H and O–H groups in total. The second kappa shape index (κ2) is 5.02. The van der Waals surface area contributed by atoms with Gasteiger partial charge in [0.2, 0.25) is 0 Å². The molecule has 2 heterocycles. The molecular weight excluding hydrogens is 320 g/mol. The van der Waals surface area contributed by atoms with E-state index in [-0.39, 0.29) is 11.5 Å². The van der Waals surface area contributed by atoms with Gasteiger partial charge in [-0.15, -0.1) is 0 Å². The lowest BCUT2D eigenvalue weighted by Crippen LogP contribution is -2.35. The second-order valence-electron chi connectivity index (χ2n) is 6.09. The van der Waals surface area contributed by atoms with Crippen molar-refractivity contribution in [3.63, 3.8) is 0 Å². The van der Waals surface area contributed by atoms with E-state index in [2.05, 4.69) is 21.2 Å². The number of hydrogen-bond donors (Lipinski definition) is 1. The third-order valence-corrected chi connectivity index (χ3v) is 5.21. The van der Waals surface area contributed by atoms with Gasteiger partial charge in [-0.05, 0) is 72.0 Å². The minimum atomic E-state index is -0.126. The van der Waals surface area contributed by atoms with E-state index in [0.29, 0.717) is 28.7 Å². The minimum absolute atomic E-state index is 0.0999. The lowest BCUT2D eigenvalue weighted by Gasteiger charge is -2.22. The fraction of sp³-hybridized carbons (Fsp3) is 0.600. The zero-order chi connectivity index (χ0) is 14.3. The smallest absolute Gasteiger partial charge is 0.268 e. The summed E-state index contributed by atoms with van der Waals surface area (Å²) < 4.78 is 2.19. The van der Waals surface area contributed by atoms with Crippen LogP contribution < -0.4 is 10.9 Å². The van der Waals surface area contributed by atoms with Gasteiger partial charge in [-0.3, -0.25) is 9.59 Å². The first-order valence-electron chi connectivity index (χ1n) is 7.21. The van der Waals surface area contributed by atoms with E-state index in [4.69, 9.17) is 0 Å². The summed E-state index contributed by atoms with van der Waals surface area (Å²) in [7, 11) is 0. The maximum Gasteiger partial charge on any atom is 0.268 e. The van der Waals surface area contributed by atoms with Crippen LogP contribution in [0, 0.1) is 12.3 Å². The maximum atomic E-state index is 12.3. The molecule has 0 unspecified atom stereocenters. The molecule has 5 heteroatoms. The highest BCUT2D eigenvalue weighted by Gasteiger charge is 2.41. The van der Waals surface area contributed by atoms with Crippen LogP contribution in [0.15, 0.2) is 15.3 Å².